The average molecular weight is 428 g/mol. The lowest BCUT2D eigenvalue weighted by Gasteiger charge is -2.44. The van der Waals surface area contributed by atoms with Gasteiger partial charge in [-0.3, -0.25) is 10.2 Å². The Hall–Kier alpha value is -0.620. The first-order valence-corrected chi connectivity index (χ1v) is 12.0. The van der Waals surface area contributed by atoms with Crippen LogP contribution in [0.15, 0.2) is 23.1 Å². The summed E-state index contributed by atoms with van der Waals surface area (Å²) >= 11 is 6.35. The van der Waals surface area contributed by atoms with E-state index in [0.717, 1.165) is 45.2 Å². The van der Waals surface area contributed by atoms with Gasteiger partial charge in [0.2, 0.25) is 0 Å². The first-order chi connectivity index (χ1) is 14.0. The molecule has 1 saturated carbocycles. The van der Waals surface area contributed by atoms with Crippen LogP contribution >= 0.6 is 11.6 Å². The Balaban J connectivity index is 1.63. The molecule has 0 spiro atoms. The van der Waals surface area contributed by atoms with E-state index in [1.165, 1.54) is 19.3 Å². The van der Waals surface area contributed by atoms with Crippen molar-refractivity contribution in [2.24, 2.45) is 17.8 Å². The summed E-state index contributed by atoms with van der Waals surface area (Å²) in [7, 11) is 0. The van der Waals surface area contributed by atoms with Gasteiger partial charge in [-0.2, -0.15) is 0 Å². The Morgan fingerprint density at radius 2 is 2.00 bits per heavy atom. The first kappa shape index (κ1) is 23.1. The molecule has 6 heteroatoms. The van der Waals surface area contributed by atoms with Crippen molar-refractivity contribution in [3.63, 3.8) is 0 Å². The summed E-state index contributed by atoms with van der Waals surface area (Å²) in [6.07, 6.45) is 12.4. The molecule has 5 atom stereocenters. The Bertz CT molecular complexity index is 578. The first-order valence-electron chi connectivity index (χ1n) is 11.6. The summed E-state index contributed by atoms with van der Waals surface area (Å²) in [6, 6.07) is 0.415. The van der Waals surface area contributed by atoms with Crippen molar-refractivity contribution in [3.05, 3.63) is 23.1 Å². The lowest BCUT2D eigenvalue weighted by molar-refractivity contribution is -0.00978. The minimum absolute atomic E-state index is 0.00177. The fraction of sp³-hybridized carbons (Fsp3) is 0.826. The van der Waals surface area contributed by atoms with Crippen LogP contribution in [0, 0.1) is 17.8 Å². The fourth-order valence-electron chi connectivity index (χ4n) is 5.27. The number of rotatable bonds is 8. The largest absolute Gasteiger partial charge is 0.378 e. The van der Waals surface area contributed by atoms with E-state index in [1.54, 1.807) is 6.08 Å². The minimum atomic E-state index is -0.548. The molecule has 4 unspecified atom stereocenters. The van der Waals surface area contributed by atoms with Crippen molar-refractivity contribution in [3.8, 4) is 0 Å². The van der Waals surface area contributed by atoms with Crippen LogP contribution < -0.4 is 10.6 Å². The summed E-state index contributed by atoms with van der Waals surface area (Å²) < 4.78 is 13.4. The summed E-state index contributed by atoms with van der Waals surface area (Å²) in [6.45, 7) is 6.25. The minimum Gasteiger partial charge on any atom is -0.378 e. The highest BCUT2D eigenvalue weighted by Gasteiger charge is 2.36. The van der Waals surface area contributed by atoms with E-state index < -0.39 is 6.23 Å². The number of aliphatic hydroxyl groups is 1. The van der Waals surface area contributed by atoms with E-state index in [4.69, 9.17) is 11.6 Å². The van der Waals surface area contributed by atoms with Gasteiger partial charge in [0.25, 0.3) is 0 Å². The molecule has 1 fully saturated rings. The third-order valence-electron chi connectivity index (χ3n) is 7.20. The zero-order chi connectivity index (χ0) is 20.8. The third-order valence-corrected chi connectivity index (χ3v) is 7.46. The smallest absolute Gasteiger partial charge is 0.111 e. The highest BCUT2D eigenvalue weighted by Crippen LogP contribution is 2.32. The maximum absolute atomic E-state index is 13.4. The molecule has 3 rings (SSSR count). The Kier molecular flexibility index (Phi) is 8.85. The van der Waals surface area contributed by atoms with Crippen molar-refractivity contribution in [1.29, 1.82) is 0 Å². The van der Waals surface area contributed by atoms with Crippen molar-refractivity contribution >= 4 is 11.6 Å². The molecule has 3 N–H and O–H groups in total. The second kappa shape index (κ2) is 11.1. The Morgan fingerprint density at radius 1 is 1.24 bits per heavy atom. The number of halogens is 2. The van der Waals surface area contributed by atoms with Gasteiger partial charge >= 0.3 is 0 Å². The van der Waals surface area contributed by atoms with Gasteiger partial charge in [0, 0.05) is 18.5 Å². The Labute approximate surface area is 180 Å². The van der Waals surface area contributed by atoms with E-state index in [9.17, 15) is 9.50 Å². The molecule has 0 aromatic rings. The highest BCUT2D eigenvalue weighted by molar-refractivity contribution is 6.29. The number of hydrogen-bond acceptors (Lipinski definition) is 4. The molecule has 29 heavy (non-hydrogen) atoms. The van der Waals surface area contributed by atoms with Gasteiger partial charge in [-0.25, -0.2) is 4.39 Å². The van der Waals surface area contributed by atoms with Gasteiger partial charge in [0.05, 0.1) is 17.1 Å². The number of hydrogen-bond donors (Lipinski definition) is 3. The van der Waals surface area contributed by atoms with E-state index >= 15 is 0 Å². The molecule has 0 radical (unpaired) electrons. The molecule has 0 saturated heterocycles. The standard InChI is InChI=1S/C23H39ClFN3O/c1-3-28(15-16(2)17-9-11-18(25)12-10-17)22-20(13-14-21(24)27-22)23(29)26-19-7-5-4-6-8-19/h11,14,16-17,19-20,22-23,26-27,29H,3-10,12-13,15H2,1-2H3/t16-,17?,20?,22?,23?/m0/s1. The van der Waals surface area contributed by atoms with Gasteiger partial charge in [-0.05, 0) is 63.0 Å². The number of nitrogens with one attached hydrogen (secondary N) is 2. The van der Waals surface area contributed by atoms with Crippen LogP contribution in [0.1, 0.15) is 71.6 Å². The normalized spacial score (nSPS) is 31.0. The highest BCUT2D eigenvalue weighted by atomic mass is 35.5. The summed E-state index contributed by atoms with van der Waals surface area (Å²) in [4.78, 5) is 2.41. The molecule has 0 amide bonds. The van der Waals surface area contributed by atoms with Gasteiger partial charge in [-0.15, -0.1) is 0 Å². The lowest BCUT2D eigenvalue weighted by atomic mass is 9.83. The average Bonchev–Trinajstić information content (AvgIpc) is 2.73. The van der Waals surface area contributed by atoms with Crippen LogP contribution in [0.2, 0.25) is 0 Å². The molecule has 3 aliphatic rings. The van der Waals surface area contributed by atoms with Gasteiger partial charge < -0.3 is 10.4 Å². The van der Waals surface area contributed by atoms with Gasteiger partial charge in [-0.1, -0.05) is 50.8 Å². The molecule has 166 valence electrons. The molecule has 0 bridgehead atoms. The SMILES string of the molecule is CCN(C[C@H](C)C1CC=C(F)CC1)C1NC(Cl)=CCC1C(O)NC1CCCCC1. The molecule has 0 aromatic heterocycles. The predicted octanol–water partition coefficient (Wildman–Crippen LogP) is 4.85. The third kappa shape index (κ3) is 6.43. The van der Waals surface area contributed by atoms with E-state index in [1.807, 2.05) is 6.08 Å². The lowest BCUT2D eigenvalue weighted by Crippen LogP contribution is -2.58. The Morgan fingerprint density at radius 3 is 2.66 bits per heavy atom. The number of aliphatic hydroxyl groups excluding tert-OH is 1. The molecular formula is C23H39ClFN3O. The molecule has 2 aliphatic carbocycles. The summed E-state index contributed by atoms with van der Waals surface area (Å²) in [5, 5.41) is 18.6. The second-order valence-corrected chi connectivity index (χ2v) is 9.64. The van der Waals surface area contributed by atoms with Crippen molar-refractivity contribution < 1.29 is 9.50 Å². The van der Waals surface area contributed by atoms with Gasteiger partial charge in [0.15, 0.2) is 0 Å². The predicted molar refractivity (Wildman–Crippen MR) is 118 cm³/mol. The van der Waals surface area contributed by atoms with Crippen molar-refractivity contribution in [1.82, 2.24) is 15.5 Å². The van der Waals surface area contributed by atoms with Crippen molar-refractivity contribution in [2.75, 3.05) is 13.1 Å². The van der Waals surface area contributed by atoms with Crippen LogP contribution in [-0.4, -0.2) is 41.5 Å². The fourth-order valence-corrected chi connectivity index (χ4v) is 5.47. The second-order valence-electron chi connectivity index (χ2n) is 9.24. The zero-order valence-corrected chi connectivity index (χ0v) is 18.8. The summed E-state index contributed by atoms with van der Waals surface area (Å²) in [5.41, 5.74) is 0. The monoisotopic (exact) mass is 427 g/mol. The van der Waals surface area contributed by atoms with Crippen LogP contribution in [0.25, 0.3) is 0 Å². The molecular weight excluding hydrogens is 389 g/mol. The number of nitrogens with zero attached hydrogens (tertiary/aromatic N) is 1. The van der Waals surface area contributed by atoms with Crippen LogP contribution in [0.4, 0.5) is 4.39 Å². The molecule has 1 aliphatic heterocycles. The van der Waals surface area contributed by atoms with E-state index in [0.29, 0.717) is 29.5 Å². The van der Waals surface area contributed by atoms with Crippen LogP contribution in [0.3, 0.4) is 0 Å². The maximum atomic E-state index is 13.4. The molecule has 0 aromatic carbocycles. The number of allylic oxidation sites excluding steroid dienone is 3. The summed E-state index contributed by atoms with van der Waals surface area (Å²) in [5.74, 6) is 1.08. The van der Waals surface area contributed by atoms with E-state index in [-0.39, 0.29) is 17.9 Å². The topological polar surface area (TPSA) is 47.5 Å². The van der Waals surface area contributed by atoms with Crippen LogP contribution in [-0.2, 0) is 0 Å². The molecule has 1 heterocycles. The van der Waals surface area contributed by atoms with Crippen LogP contribution in [0.5, 0.6) is 0 Å². The van der Waals surface area contributed by atoms with Crippen molar-refractivity contribution in [2.45, 2.75) is 90.1 Å². The van der Waals surface area contributed by atoms with Gasteiger partial charge in [0.1, 0.15) is 6.23 Å². The van der Waals surface area contributed by atoms with E-state index in [2.05, 4.69) is 29.4 Å². The zero-order valence-electron chi connectivity index (χ0n) is 18.0. The maximum Gasteiger partial charge on any atom is 0.111 e. The molecule has 4 nitrogen and oxygen atoms in total. The quantitative estimate of drug-likeness (QED) is 0.382.